The Morgan fingerprint density at radius 1 is 1.36 bits per heavy atom. The van der Waals surface area contributed by atoms with Gasteiger partial charge in [-0.1, -0.05) is 0 Å². The second kappa shape index (κ2) is 5.97. The normalized spacial score (nSPS) is 9.36. The Morgan fingerprint density at radius 3 is 2.45 bits per heavy atom. The molecule has 0 fully saturated rings. The lowest BCUT2D eigenvalue weighted by molar-refractivity contribution is 0.185. The van der Waals surface area contributed by atoms with Crippen molar-refractivity contribution in [3.05, 3.63) is 0 Å². The van der Waals surface area contributed by atoms with Gasteiger partial charge < -0.3 is 10.2 Å². The molecule has 0 atom stereocenters. The zero-order chi connectivity index (χ0) is 8.69. The molecule has 0 unspecified atom stereocenters. The van der Waals surface area contributed by atoms with E-state index in [4.69, 9.17) is 0 Å². The first-order valence-electron chi connectivity index (χ1n) is 3.71. The third-order valence-electron chi connectivity index (χ3n) is 1.25. The minimum Gasteiger partial charge on any atom is -0.338 e. The molecule has 0 aliphatic heterocycles. The van der Waals surface area contributed by atoms with Crippen molar-refractivity contribution in [2.24, 2.45) is 0 Å². The maximum Gasteiger partial charge on any atom is 0.316 e. The molecular weight excluding hydrogens is 144 g/mol. The largest absolute Gasteiger partial charge is 0.338 e. The summed E-state index contributed by atoms with van der Waals surface area (Å²) in [7, 11) is 3.37. The fourth-order valence-electron chi connectivity index (χ4n) is 0.580. The quantitative estimate of drug-likeness (QED) is 0.595. The first-order valence-corrected chi connectivity index (χ1v) is 3.71. The van der Waals surface area contributed by atoms with Crippen molar-refractivity contribution in [1.29, 1.82) is 0 Å². The smallest absolute Gasteiger partial charge is 0.316 e. The van der Waals surface area contributed by atoms with E-state index in [1.807, 2.05) is 0 Å². The summed E-state index contributed by atoms with van der Waals surface area (Å²) >= 11 is 0. The van der Waals surface area contributed by atoms with Crippen LogP contribution in [0.4, 0.5) is 4.79 Å². The topological polar surface area (TPSA) is 52.2 Å². The predicted molar refractivity (Wildman–Crippen MR) is 41.9 cm³/mol. The van der Waals surface area contributed by atoms with Gasteiger partial charge in [0.25, 0.3) is 0 Å². The molecule has 2 amide bonds. The van der Waals surface area contributed by atoms with Crippen LogP contribution in [0, 0.1) is 0 Å². The maximum atomic E-state index is 10.8. The Kier molecular flexibility index (Phi) is 5.56. The number of carbonyl (C=O) groups excluding carboxylic acids is 1. The van der Waals surface area contributed by atoms with Gasteiger partial charge in [0, 0.05) is 20.6 Å². The number of nitrogens with one attached hydrogen (secondary N) is 1. The maximum absolute atomic E-state index is 10.8. The van der Waals surface area contributed by atoms with Gasteiger partial charge in [-0.3, -0.25) is 0 Å². The molecule has 0 aliphatic carbocycles. The first kappa shape index (κ1) is 10.2. The molecule has 0 aromatic rings. The first-order chi connectivity index (χ1) is 5.18. The molecule has 11 heavy (non-hydrogen) atoms. The van der Waals surface area contributed by atoms with Gasteiger partial charge in [0.05, 0.1) is 6.61 Å². The highest BCUT2D eigenvalue weighted by atomic mass is 16.3. The van der Waals surface area contributed by atoms with Crippen LogP contribution < -0.4 is 5.32 Å². The van der Waals surface area contributed by atoms with Crippen molar-refractivity contribution in [3.8, 4) is 0 Å². The SMILES string of the molecule is CN(C)C(=O)NCCCC[O]. The third kappa shape index (κ3) is 5.66. The number of hydrogen-bond donors (Lipinski definition) is 1. The van der Waals surface area contributed by atoms with E-state index in [1.54, 1.807) is 14.1 Å². The standard InChI is InChI=1S/C7H15N2O2/c1-9(2)7(11)8-5-3-4-6-10/h3-6H2,1-2H3,(H,8,11). The molecule has 0 saturated carbocycles. The van der Waals surface area contributed by atoms with Gasteiger partial charge in [-0.2, -0.15) is 0 Å². The Bertz CT molecular complexity index is 115. The fourth-order valence-corrected chi connectivity index (χ4v) is 0.580. The summed E-state index contributed by atoms with van der Waals surface area (Å²) in [5.41, 5.74) is 0. The van der Waals surface area contributed by atoms with Crippen molar-refractivity contribution in [1.82, 2.24) is 10.2 Å². The fraction of sp³-hybridized carbons (Fsp3) is 0.857. The van der Waals surface area contributed by atoms with Gasteiger partial charge in [-0.15, -0.1) is 0 Å². The van der Waals surface area contributed by atoms with Crippen LogP contribution >= 0.6 is 0 Å². The average molecular weight is 159 g/mol. The van der Waals surface area contributed by atoms with Crippen molar-refractivity contribution < 1.29 is 9.90 Å². The summed E-state index contributed by atoms with van der Waals surface area (Å²) in [6.07, 6.45) is 1.40. The molecule has 0 aliphatic rings. The summed E-state index contributed by atoms with van der Waals surface area (Å²) in [6, 6.07) is -0.101. The van der Waals surface area contributed by atoms with Gasteiger partial charge >= 0.3 is 6.03 Å². The number of carbonyl (C=O) groups is 1. The Morgan fingerprint density at radius 2 is 2.00 bits per heavy atom. The zero-order valence-corrected chi connectivity index (χ0v) is 7.09. The van der Waals surface area contributed by atoms with Crippen LogP contribution in [0.15, 0.2) is 0 Å². The van der Waals surface area contributed by atoms with Gasteiger partial charge in [0.2, 0.25) is 0 Å². The second-order valence-corrected chi connectivity index (χ2v) is 2.54. The molecule has 1 radical (unpaired) electrons. The monoisotopic (exact) mass is 159 g/mol. The minimum atomic E-state index is -0.101. The summed E-state index contributed by atoms with van der Waals surface area (Å²) in [5.74, 6) is 0. The molecule has 0 aromatic heterocycles. The Hall–Kier alpha value is -0.770. The molecule has 0 aromatic carbocycles. The van der Waals surface area contributed by atoms with Crippen LogP contribution in [0.5, 0.6) is 0 Å². The lowest BCUT2D eigenvalue weighted by atomic mass is 10.3. The van der Waals surface area contributed by atoms with Crippen LogP contribution in [0.3, 0.4) is 0 Å². The summed E-state index contributed by atoms with van der Waals surface area (Å²) < 4.78 is 0. The molecule has 0 heterocycles. The molecular formula is C7H15N2O2. The average Bonchev–Trinajstić information content (AvgIpc) is 1.97. The number of rotatable bonds is 4. The highest BCUT2D eigenvalue weighted by Crippen LogP contribution is 1.85. The molecule has 0 bridgehead atoms. The van der Waals surface area contributed by atoms with Crippen molar-refractivity contribution in [2.45, 2.75) is 12.8 Å². The molecule has 4 nitrogen and oxygen atoms in total. The highest BCUT2D eigenvalue weighted by Gasteiger charge is 1.99. The summed E-state index contributed by atoms with van der Waals surface area (Å²) in [5, 5.41) is 12.7. The van der Waals surface area contributed by atoms with Crippen LogP contribution in [-0.2, 0) is 5.11 Å². The lowest BCUT2D eigenvalue weighted by Gasteiger charge is -2.10. The second-order valence-electron chi connectivity index (χ2n) is 2.54. The Balaban J connectivity index is 3.18. The predicted octanol–water partition coefficient (Wildman–Crippen LogP) is 0.468. The minimum absolute atomic E-state index is 0.0577. The number of amides is 2. The van der Waals surface area contributed by atoms with Gasteiger partial charge in [0.15, 0.2) is 0 Å². The number of unbranched alkanes of at least 4 members (excludes halogenated alkanes) is 1. The van der Waals surface area contributed by atoms with Crippen LogP contribution in [0.2, 0.25) is 0 Å². The van der Waals surface area contributed by atoms with E-state index >= 15 is 0 Å². The van der Waals surface area contributed by atoms with E-state index < -0.39 is 0 Å². The summed E-state index contributed by atoms with van der Waals surface area (Å²) in [6.45, 7) is 0.539. The summed E-state index contributed by atoms with van der Waals surface area (Å²) in [4.78, 5) is 12.3. The van der Waals surface area contributed by atoms with E-state index in [0.717, 1.165) is 6.42 Å². The van der Waals surface area contributed by atoms with E-state index in [0.29, 0.717) is 13.0 Å². The van der Waals surface area contributed by atoms with Crippen LogP contribution in [-0.4, -0.2) is 38.2 Å². The Labute approximate surface area is 67.2 Å². The van der Waals surface area contributed by atoms with E-state index in [1.165, 1.54) is 4.90 Å². The van der Waals surface area contributed by atoms with Crippen molar-refractivity contribution >= 4 is 6.03 Å². The van der Waals surface area contributed by atoms with Gasteiger partial charge in [-0.05, 0) is 12.8 Å². The van der Waals surface area contributed by atoms with E-state index in [-0.39, 0.29) is 12.6 Å². The van der Waals surface area contributed by atoms with Crippen LogP contribution in [0.25, 0.3) is 0 Å². The lowest BCUT2D eigenvalue weighted by Crippen LogP contribution is -2.34. The van der Waals surface area contributed by atoms with Crippen molar-refractivity contribution in [2.75, 3.05) is 27.2 Å². The van der Waals surface area contributed by atoms with Gasteiger partial charge in [-0.25, -0.2) is 9.90 Å². The molecule has 0 spiro atoms. The highest BCUT2D eigenvalue weighted by molar-refractivity contribution is 5.73. The molecule has 65 valence electrons. The molecule has 0 saturated heterocycles. The molecule has 1 N–H and O–H groups in total. The number of hydrogen-bond acceptors (Lipinski definition) is 1. The van der Waals surface area contributed by atoms with E-state index in [9.17, 15) is 9.90 Å². The van der Waals surface area contributed by atoms with Crippen LogP contribution in [0.1, 0.15) is 12.8 Å². The third-order valence-corrected chi connectivity index (χ3v) is 1.25. The molecule has 4 heteroatoms. The van der Waals surface area contributed by atoms with Crippen molar-refractivity contribution in [3.63, 3.8) is 0 Å². The van der Waals surface area contributed by atoms with E-state index in [2.05, 4.69) is 5.32 Å². The zero-order valence-electron chi connectivity index (χ0n) is 7.09. The number of urea groups is 1. The number of nitrogens with zero attached hydrogens (tertiary/aromatic N) is 1. The van der Waals surface area contributed by atoms with Gasteiger partial charge in [0.1, 0.15) is 0 Å². The molecule has 0 rings (SSSR count).